The third-order valence-corrected chi connectivity index (χ3v) is 2.18. The minimum absolute atomic E-state index is 0.332. The Morgan fingerprint density at radius 1 is 1.50 bits per heavy atom. The number of nitrogens with zero attached hydrogens (tertiary/aromatic N) is 5. The topological polar surface area (TPSA) is 63.3 Å². The third-order valence-electron chi connectivity index (χ3n) is 2.18. The van der Waals surface area contributed by atoms with Gasteiger partial charge < -0.3 is 0 Å². The van der Waals surface area contributed by atoms with Gasteiger partial charge in [-0.1, -0.05) is 12.7 Å². The van der Waals surface area contributed by atoms with Gasteiger partial charge in [-0.2, -0.15) is 0 Å². The first kappa shape index (κ1) is 13.9. The Labute approximate surface area is 105 Å². The molecule has 0 aliphatic carbocycles. The fourth-order valence-corrected chi connectivity index (χ4v) is 1.41. The Morgan fingerprint density at radius 2 is 2.11 bits per heavy atom. The molecule has 0 N–H and O–H groups in total. The molecule has 18 heavy (non-hydrogen) atoms. The molecule has 0 amide bonds. The van der Waals surface area contributed by atoms with Gasteiger partial charge in [0.15, 0.2) is 0 Å². The Balaban J connectivity index is 3.35. The molecule has 1 aromatic rings. The van der Waals surface area contributed by atoms with Gasteiger partial charge in [0.1, 0.15) is 0 Å². The second-order valence-electron chi connectivity index (χ2n) is 4.08. The van der Waals surface area contributed by atoms with Crippen molar-refractivity contribution in [3.63, 3.8) is 0 Å². The summed E-state index contributed by atoms with van der Waals surface area (Å²) in [6.07, 6.45) is 1.63. The molecule has 0 saturated heterocycles. The second-order valence-corrected chi connectivity index (χ2v) is 4.08. The van der Waals surface area contributed by atoms with Crippen molar-refractivity contribution in [2.75, 3.05) is 28.2 Å². The molecule has 7 nitrogen and oxygen atoms in total. The molecule has 0 saturated carbocycles. The Morgan fingerprint density at radius 3 is 2.56 bits per heavy atom. The smallest absolute Gasteiger partial charge is 0.275 e. The van der Waals surface area contributed by atoms with Crippen LogP contribution in [0.4, 0.5) is 0 Å². The van der Waals surface area contributed by atoms with Crippen LogP contribution < -0.4 is 21.0 Å². The lowest BCUT2D eigenvalue weighted by molar-refractivity contribution is -0.480. The zero-order valence-corrected chi connectivity index (χ0v) is 11.3. The highest BCUT2D eigenvalue weighted by Gasteiger charge is 2.17. The maximum atomic E-state index is 12.0. The van der Waals surface area contributed by atoms with Crippen LogP contribution in [0, 0.1) is 0 Å². The first-order valence-corrected chi connectivity index (χ1v) is 5.39. The largest absolute Gasteiger partial charge is 0.472 e. The summed E-state index contributed by atoms with van der Waals surface area (Å²) in [5.74, 6) is 0. The van der Waals surface area contributed by atoms with Gasteiger partial charge >= 0.3 is 11.6 Å². The van der Waals surface area contributed by atoms with Crippen molar-refractivity contribution in [3.8, 4) is 0 Å². The van der Waals surface area contributed by atoms with Crippen LogP contribution in [0.5, 0.6) is 0 Å². The summed E-state index contributed by atoms with van der Waals surface area (Å²) in [7, 11) is 7.21. The molecule has 0 atom stereocenters. The lowest BCUT2D eigenvalue weighted by Crippen LogP contribution is -2.52. The summed E-state index contributed by atoms with van der Waals surface area (Å²) in [4.78, 5) is 20.0. The predicted octanol–water partition coefficient (Wildman–Crippen LogP) is -2.53. The number of rotatable bonds is 1. The van der Waals surface area contributed by atoms with E-state index in [0.717, 1.165) is 4.85 Å². The molecule has 7 heteroatoms. The summed E-state index contributed by atoms with van der Waals surface area (Å²) >= 11 is 0. The van der Waals surface area contributed by atoms with Gasteiger partial charge in [-0.3, -0.25) is 9.63 Å². The van der Waals surface area contributed by atoms with Gasteiger partial charge in [0.05, 0.1) is 38.8 Å². The summed E-state index contributed by atoms with van der Waals surface area (Å²) in [5.41, 5.74) is -0.390. The first-order valence-electron chi connectivity index (χ1n) is 5.39. The SMILES string of the molecule is C=c1nnn(OC(N(C)C)=[N+](C)C)c(=O)/c1=C/C. The maximum Gasteiger partial charge on any atom is 0.472 e. The molecular formula is C11H18N5O2+. The minimum atomic E-state index is -0.390. The van der Waals surface area contributed by atoms with Gasteiger partial charge in [0, 0.05) is 0 Å². The van der Waals surface area contributed by atoms with Crippen molar-refractivity contribution < 1.29 is 9.41 Å². The van der Waals surface area contributed by atoms with Crippen LogP contribution in [-0.4, -0.2) is 58.8 Å². The highest BCUT2D eigenvalue weighted by molar-refractivity contribution is 5.67. The highest BCUT2D eigenvalue weighted by Crippen LogP contribution is 1.79. The van der Waals surface area contributed by atoms with Crippen LogP contribution in [0.1, 0.15) is 6.92 Å². The van der Waals surface area contributed by atoms with E-state index in [1.807, 2.05) is 0 Å². The predicted molar refractivity (Wildman–Crippen MR) is 68.6 cm³/mol. The summed E-state index contributed by atoms with van der Waals surface area (Å²) in [5, 5.41) is 8.15. The molecule has 0 radical (unpaired) electrons. The van der Waals surface area contributed by atoms with Crippen LogP contribution in [0.2, 0.25) is 0 Å². The van der Waals surface area contributed by atoms with Crippen molar-refractivity contribution in [2.24, 2.45) is 0 Å². The Kier molecular flexibility index (Phi) is 4.19. The number of aromatic nitrogens is 3. The van der Waals surface area contributed by atoms with E-state index in [1.165, 1.54) is 0 Å². The number of hydrogen-bond acceptors (Lipinski definition) is 4. The minimum Gasteiger partial charge on any atom is -0.275 e. The molecule has 0 aromatic carbocycles. The third kappa shape index (κ3) is 2.73. The molecule has 0 spiro atoms. The summed E-state index contributed by atoms with van der Waals surface area (Å²) in [6, 6.07) is 0.463. The number of hydrogen-bond donors (Lipinski definition) is 0. The fraction of sp³-hybridized carbons (Fsp3) is 0.455. The maximum absolute atomic E-state index is 12.0. The normalized spacial score (nSPS) is 11.3. The van der Waals surface area contributed by atoms with E-state index < -0.39 is 5.56 Å². The van der Waals surface area contributed by atoms with Crippen molar-refractivity contribution >= 4 is 18.7 Å². The van der Waals surface area contributed by atoms with Crippen molar-refractivity contribution in [1.82, 2.24) is 20.1 Å². The van der Waals surface area contributed by atoms with Crippen molar-refractivity contribution in [3.05, 3.63) is 20.9 Å². The lowest BCUT2D eigenvalue weighted by Gasteiger charge is -2.10. The number of amidine groups is 1. The summed E-state index contributed by atoms with van der Waals surface area (Å²) < 4.78 is 1.72. The van der Waals surface area contributed by atoms with Crippen LogP contribution >= 0.6 is 0 Å². The van der Waals surface area contributed by atoms with E-state index in [4.69, 9.17) is 4.84 Å². The quantitative estimate of drug-likeness (QED) is 0.313. The molecule has 0 unspecified atom stereocenters. The van der Waals surface area contributed by atoms with Gasteiger partial charge in [0.2, 0.25) is 0 Å². The van der Waals surface area contributed by atoms with E-state index in [0.29, 0.717) is 16.6 Å². The van der Waals surface area contributed by atoms with E-state index in [1.54, 1.807) is 50.7 Å². The van der Waals surface area contributed by atoms with Gasteiger partial charge in [-0.05, 0) is 17.0 Å². The van der Waals surface area contributed by atoms with E-state index in [2.05, 4.69) is 16.9 Å². The zero-order chi connectivity index (χ0) is 13.9. The van der Waals surface area contributed by atoms with Gasteiger partial charge in [-0.15, -0.1) is 5.10 Å². The molecule has 1 rings (SSSR count). The van der Waals surface area contributed by atoms with Gasteiger partial charge in [-0.25, -0.2) is 9.48 Å². The van der Waals surface area contributed by atoms with Crippen molar-refractivity contribution in [1.29, 1.82) is 0 Å². The molecule has 98 valence electrons. The van der Waals surface area contributed by atoms with Crippen molar-refractivity contribution in [2.45, 2.75) is 6.92 Å². The molecule has 1 aromatic heterocycles. The Hall–Kier alpha value is -2.18. The van der Waals surface area contributed by atoms with E-state index in [9.17, 15) is 4.79 Å². The van der Waals surface area contributed by atoms with E-state index >= 15 is 0 Å². The summed E-state index contributed by atoms with van der Waals surface area (Å²) in [6.45, 7) is 5.38. The molecule has 0 aliphatic heterocycles. The van der Waals surface area contributed by atoms with Crippen LogP contribution in [0.3, 0.4) is 0 Å². The van der Waals surface area contributed by atoms with Gasteiger partial charge in [0.25, 0.3) is 0 Å². The molecular weight excluding hydrogens is 234 g/mol. The molecule has 0 fully saturated rings. The van der Waals surface area contributed by atoms with Crippen LogP contribution in [0.15, 0.2) is 4.79 Å². The molecule has 0 bridgehead atoms. The van der Waals surface area contributed by atoms with Crippen LogP contribution in [0.25, 0.3) is 12.7 Å². The average Bonchev–Trinajstić information content (AvgIpc) is 2.27. The first-order chi connectivity index (χ1) is 8.38. The molecule has 1 heterocycles. The lowest BCUT2D eigenvalue weighted by atomic mass is 10.4. The monoisotopic (exact) mass is 252 g/mol. The second kappa shape index (κ2) is 5.44. The Bertz CT molecular complexity index is 626. The zero-order valence-electron chi connectivity index (χ0n) is 11.3. The average molecular weight is 252 g/mol. The highest BCUT2D eigenvalue weighted by atomic mass is 16.7. The fourth-order valence-electron chi connectivity index (χ4n) is 1.41. The van der Waals surface area contributed by atoms with E-state index in [-0.39, 0.29) is 0 Å². The van der Waals surface area contributed by atoms with Crippen LogP contribution in [-0.2, 0) is 0 Å². The standard InChI is InChI=1S/C11H18N5O2/c1-7-9-8(2)12-13-16(10(9)17)18-11(14(3)4)15(5)6/h7H,2H2,1,3-6H3/q+1/b9-7+. The molecule has 0 aliphatic rings.